The summed E-state index contributed by atoms with van der Waals surface area (Å²) in [5, 5.41) is 11.6. The molecule has 5 nitrogen and oxygen atoms in total. The topological polar surface area (TPSA) is 75.1 Å². The monoisotopic (exact) mass is 219 g/mol. The molecule has 0 spiro atoms. The third kappa shape index (κ3) is 2.70. The number of nitrogens with one attached hydrogen (secondary N) is 1. The van der Waals surface area contributed by atoms with Crippen LogP contribution in [-0.4, -0.2) is 26.6 Å². The van der Waals surface area contributed by atoms with E-state index in [1.807, 2.05) is 13.8 Å². The van der Waals surface area contributed by atoms with E-state index in [0.29, 0.717) is 12.4 Å². The normalized spacial score (nSPS) is 13.6. The third-order valence-corrected chi connectivity index (χ3v) is 2.31. The zero-order chi connectivity index (χ0) is 12.2. The van der Waals surface area contributed by atoms with Crippen molar-refractivity contribution in [2.75, 3.05) is 5.32 Å². The fourth-order valence-corrected chi connectivity index (χ4v) is 0.976. The summed E-state index contributed by atoms with van der Waals surface area (Å²) in [5.41, 5.74) is -0.477. The first-order valence-electron chi connectivity index (χ1n) is 4.82. The van der Waals surface area contributed by atoms with Crippen molar-refractivity contribution in [2.45, 2.75) is 25.8 Å². The number of anilines is 1. The third-order valence-electron chi connectivity index (χ3n) is 2.31. The Balaban J connectivity index is 2.84. The second-order valence-corrected chi connectivity index (χ2v) is 3.56. The maximum Gasteiger partial charge on any atom is 0.338 e. The summed E-state index contributed by atoms with van der Waals surface area (Å²) in [5.74, 6) is 1.88. The summed E-state index contributed by atoms with van der Waals surface area (Å²) in [6, 6.07) is 0. The van der Waals surface area contributed by atoms with Gasteiger partial charge in [0.2, 0.25) is 5.95 Å². The molecular weight excluding hydrogens is 206 g/mol. The zero-order valence-corrected chi connectivity index (χ0v) is 9.19. The van der Waals surface area contributed by atoms with Gasteiger partial charge in [-0.25, -0.2) is 14.8 Å². The first-order valence-corrected chi connectivity index (χ1v) is 4.82. The second-order valence-electron chi connectivity index (χ2n) is 3.56. The number of aromatic carboxylic acids is 1. The van der Waals surface area contributed by atoms with E-state index in [-0.39, 0.29) is 5.56 Å². The molecule has 5 heteroatoms. The SMILES string of the molecule is C#CC(C)(CC)Nc1ncc(C(=O)O)cn1. The van der Waals surface area contributed by atoms with Gasteiger partial charge in [0.05, 0.1) is 11.1 Å². The van der Waals surface area contributed by atoms with Crippen molar-refractivity contribution in [3.8, 4) is 12.3 Å². The van der Waals surface area contributed by atoms with Gasteiger partial charge in [-0.15, -0.1) is 6.42 Å². The molecule has 0 saturated carbocycles. The number of terminal acetylenes is 1. The van der Waals surface area contributed by atoms with E-state index >= 15 is 0 Å². The van der Waals surface area contributed by atoms with Crippen LogP contribution < -0.4 is 5.32 Å². The summed E-state index contributed by atoms with van der Waals surface area (Å²) in [4.78, 5) is 18.3. The molecule has 0 aliphatic carbocycles. The highest BCUT2D eigenvalue weighted by atomic mass is 16.4. The fourth-order valence-electron chi connectivity index (χ4n) is 0.976. The molecule has 1 unspecified atom stereocenters. The minimum atomic E-state index is -1.05. The second kappa shape index (κ2) is 4.62. The van der Waals surface area contributed by atoms with Crippen molar-refractivity contribution in [1.82, 2.24) is 9.97 Å². The van der Waals surface area contributed by atoms with Gasteiger partial charge in [0.25, 0.3) is 0 Å². The van der Waals surface area contributed by atoms with Gasteiger partial charge in [0, 0.05) is 12.4 Å². The Morgan fingerprint density at radius 3 is 2.56 bits per heavy atom. The number of carbonyl (C=O) groups is 1. The molecule has 0 aromatic carbocycles. The lowest BCUT2D eigenvalue weighted by Crippen LogP contribution is -2.32. The van der Waals surface area contributed by atoms with Gasteiger partial charge in [0.15, 0.2) is 0 Å². The van der Waals surface area contributed by atoms with Crippen LogP contribution in [0.1, 0.15) is 30.6 Å². The molecule has 1 heterocycles. The minimum Gasteiger partial charge on any atom is -0.478 e. The van der Waals surface area contributed by atoms with Crippen LogP contribution in [0.4, 0.5) is 5.95 Å². The van der Waals surface area contributed by atoms with E-state index in [1.165, 1.54) is 12.4 Å². The molecule has 0 aliphatic heterocycles. The van der Waals surface area contributed by atoms with E-state index in [4.69, 9.17) is 11.5 Å². The molecule has 0 saturated heterocycles. The minimum absolute atomic E-state index is 0.0458. The van der Waals surface area contributed by atoms with Crippen LogP contribution in [0.25, 0.3) is 0 Å². The molecule has 0 bridgehead atoms. The molecule has 1 aromatic heterocycles. The standard InChI is InChI=1S/C11H13N3O2/c1-4-11(3,5-2)14-10-12-6-8(7-13-10)9(15)16/h1,6-7H,5H2,2-3H3,(H,15,16)(H,12,13,14). The molecule has 84 valence electrons. The molecule has 0 amide bonds. The molecule has 16 heavy (non-hydrogen) atoms. The van der Waals surface area contributed by atoms with Gasteiger partial charge >= 0.3 is 5.97 Å². The lowest BCUT2D eigenvalue weighted by atomic mass is 10.0. The molecule has 2 N–H and O–H groups in total. The maximum absolute atomic E-state index is 10.6. The lowest BCUT2D eigenvalue weighted by Gasteiger charge is -2.22. The predicted octanol–water partition coefficient (Wildman–Crippen LogP) is 1.39. The van der Waals surface area contributed by atoms with E-state index in [1.54, 1.807) is 0 Å². The van der Waals surface area contributed by atoms with Crippen LogP contribution >= 0.6 is 0 Å². The van der Waals surface area contributed by atoms with Crippen molar-refractivity contribution >= 4 is 11.9 Å². The van der Waals surface area contributed by atoms with Crippen molar-refractivity contribution in [2.24, 2.45) is 0 Å². The largest absolute Gasteiger partial charge is 0.478 e. The Morgan fingerprint density at radius 2 is 2.19 bits per heavy atom. The van der Waals surface area contributed by atoms with Crippen LogP contribution in [-0.2, 0) is 0 Å². The number of hydrogen-bond acceptors (Lipinski definition) is 4. The summed E-state index contributed by atoms with van der Waals surface area (Å²) in [7, 11) is 0. The van der Waals surface area contributed by atoms with E-state index < -0.39 is 11.5 Å². The summed E-state index contributed by atoms with van der Waals surface area (Å²) < 4.78 is 0. The molecule has 0 radical (unpaired) electrons. The van der Waals surface area contributed by atoms with E-state index in [9.17, 15) is 4.79 Å². The van der Waals surface area contributed by atoms with Crippen molar-refractivity contribution < 1.29 is 9.90 Å². The quantitative estimate of drug-likeness (QED) is 0.748. The van der Waals surface area contributed by atoms with Crippen LogP contribution in [0.2, 0.25) is 0 Å². The first-order chi connectivity index (χ1) is 7.50. The maximum atomic E-state index is 10.6. The highest BCUT2D eigenvalue weighted by Crippen LogP contribution is 2.13. The molecule has 0 fully saturated rings. The van der Waals surface area contributed by atoms with Gasteiger partial charge < -0.3 is 10.4 Å². The lowest BCUT2D eigenvalue weighted by molar-refractivity contribution is 0.0696. The first kappa shape index (κ1) is 12.0. The molecule has 0 aliphatic rings. The molecular formula is C11H13N3O2. The predicted molar refractivity (Wildman–Crippen MR) is 60.1 cm³/mol. The number of nitrogens with zero attached hydrogens (tertiary/aromatic N) is 2. The Morgan fingerprint density at radius 1 is 1.62 bits per heavy atom. The van der Waals surface area contributed by atoms with E-state index in [2.05, 4.69) is 21.2 Å². The number of carboxylic acids is 1. The van der Waals surface area contributed by atoms with Crippen molar-refractivity contribution in [1.29, 1.82) is 0 Å². The number of carboxylic acid groups (broad SMARTS) is 1. The Kier molecular flexibility index (Phi) is 3.46. The average Bonchev–Trinajstić information content (AvgIpc) is 2.29. The number of rotatable bonds is 4. The van der Waals surface area contributed by atoms with Crippen molar-refractivity contribution in [3.63, 3.8) is 0 Å². The summed E-state index contributed by atoms with van der Waals surface area (Å²) in [6.07, 6.45) is 8.58. The molecule has 1 atom stereocenters. The fraction of sp³-hybridized carbons (Fsp3) is 0.364. The highest BCUT2D eigenvalue weighted by molar-refractivity contribution is 5.86. The van der Waals surface area contributed by atoms with Gasteiger partial charge in [-0.05, 0) is 13.3 Å². The molecule has 1 aromatic rings. The zero-order valence-electron chi connectivity index (χ0n) is 9.19. The summed E-state index contributed by atoms with van der Waals surface area (Å²) in [6.45, 7) is 3.79. The Hall–Kier alpha value is -2.09. The summed E-state index contributed by atoms with van der Waals surface area (Å²) >= 11 is 0. The van der Waals surface area contributed by atoms with Gasteiger partial charge in [-0.3, -0.25) is 0 Å². The van der Waals surface area contributed by atoms with Crippen LogP contribution in [0.3, 0.4) is 0 Å². The van der Waals surface area contributed by atoms with Crippen molar-refractivity contribution in [3.05, 3.63) is 18.0 Å². The number of hydrogen-bond donors (Lipinski definition) is 2. The number of aromatic nitrogens is 2. The van der Waals surface area contributed by atoms with Gasteiger partial charge in [-0.1, -0.05) is 12.8 Å². The van der Waals surface area contributed by atoms with Crippen LogP contribution in [0.15, 0.2) is 12.4 Å². The molecule has 1 rings (SSSR count). The Labute approximate surface area is 93.9 Å². The smallest absolute Gasteiger partial charge is 0.338 e. The highest BCUT2D eigenvalue weighted by Gasteiger charge is 2.19. The average molecular weight is 219 g/mol. The van der Waals surface area contributed by atoms with Crippen LogP contribution in [0.5, 0.6) is 0 Å². The van der Waals surface area contributed by atoms with Crippen LogP contribution in [0, 0.1) is 12.3 Å². The van der Waals surface area contributed by atoms with E-state index in [0.717, 1.165) is 0 Å². The van der Waals surface area contributed by atoms with Gasteiger partial charge in [-0.2, -0.15) is 0 Å². The van der Waals surface area contributed by atoms with Gasteiger partial charge in [0.1, 0.15) is 0 Å². The Bertz CT molecular complexity index is 422.